The molecule has 1 fully saturated rings. The van der Waals surface area contributed by atoms with Crippen LogP contribution in [0.15, 0.2) is 18.2 Å². The van der Waals surface area contributed by atoms with E-state index in [1.807, 2.05) is 13.8 Å². The Kier molecular flexibility index (Phi) is 7.78. The number of aryl methyl sites for hydroxylation is 1. The maximum Gasteiger partial charge on any atom is 0.255 e. The summed E-state index contributed by atoms with van der Waals surface area (Å²) in [5.41, 5.74) is 1.17. The average molecular weight is 380 g/mol. The van der Waals surface area contributed by atoms with E-state index in [0.717, 1.165) is 24.3 Å². The second-order valence-corrected chi connectivity index (χ2v) is 7.66. The van der Waals surface area contributed by atoms with Crippen molar-refractivity contribution in [3.63, 3.8) is 0 Å². The van der Waals surface area contributed by atoms with Crippen LogP contribution < -0.4 is 10.6 Å². The Morgan fingerprint density at radius 2 is 2.15 bits per heavy atom. The molecule has 1 aliphatic rings. The van der Waals surface area contributed by atoms with E-state index in [1.165, 1.54) is 0 Å². The summed E-state index contributed by atoms with van der Waals surface area (Å²) in [5, 5.41) is 15.9. The van der Waals surface area contributed by atoms with Gasteiger partial charge in [-0.25, -0.2) is 0 Å². The molecular weight excluding hydrogens is 350 g/mol. The van der Waals surface area contributed by atoms with Crippen molar-refractivity contribution in [2.75, 3.05) is 31.6 Å². The predicted octanol–water partition coefficient (Wildman–Crippen LogP) is 1.76. The molecule has 0 radical (unpaired) electrons. The van der Waals surface area contributed by atoms with Gasteiger partial charge in [0.1, 0.15) is 5.75 Å². The van der Waals surface area contributed by atoms with Gasteiger partial charge in [-0.05, 0) is 62.9 Å². The lowest BCUT2D eigenvalue weighted by Crippen LogP contribution is -2.43. The van der Waals surface area contributed by atoms with Gasteiger partial charge in [0, 0.05) is 19.1 Å². The number of nitrogens with zero attached hydrogens (tertiary/aromatic N) is 1. The second kappa shape index (κ2) is 9.83. The Bertz CT molecular complexity index is 638. The van der Waals surface area contributed by atoms with Crippen LogP contribution in [0.4, 0.5) is 0 Å². The van der Waals surface area contributed by atoms with Gasteiger partial charge < -0.3 is 15.7 Å². The molecule has 0 aliphatic carbocycles. The van der Waals surface area contributed by atoms with E-state index in [-0.39, 0.29) is 35.2 Å². The molecule has 1 aromatic rings. The zero-order valence-electron chi connectivity index (χ0n) is 15.7. The number of phenols is 1. The Morgan fingerprint density at radius 1 is 1.38 bits per heavy atom. The first-order valence-electron chi connectivity index (χ1n) is 9.07. The van der Waals surface area contributed by atoms with Gasteiger partial charge in [0.05, 0.1) is 11.6 Å². The fourth-order valence-electron chi connectivity index (χ4n) is 3.33. The van der Waals surface area contributed by atoms with Crippen molar-refractivity contribution in [2.24, 2.45) is 0 Å². The number of likely N-dealkylation sites (N-methyl/N-ethyl adjacent to an activating group) is 1. The molecule has 2 rings (SSSR count). The van der Waals surface area contributed by atoms with Crippen molar-refractivity contribution in [3.8, 4) is 5.75 Å². The van der Waals surface area contributed by atoms with Crippen molar-refractivity contribution in [2.45, 2.75) is 38.8 Å². The summed E-state index contributed by atoms with van der Waals surface area (Å²) < 4.78 is 0. The minimum Gasteiger partial charge on any atom is -0.507 e. The SMILES string of the molecule is CCNC(=O)[C@@H]1C[C@@H](NC(=O)c2ccc(C)cc2O)CN1CCCSC. The van der Waals surface area contributed by atoms with Crippen molar-refractivity contribution in [1.82, 2.24) is 15.5 Å². The lowest BCUT2D eigenvalue weighted by Gasteiger charge is -2.22. The summed E-state index contributed by atoms with van der Waals surface area (Å²) in [6.07, 6.45) is 3.67. The van der Waals surface area contributed by atoms with Crippen LogP contribution in [-0.4, -0.2) is 65.5 Å². The molecule has 3 N–H and O–H groups in total. The molecule has 0 bridgehead atoms. The summed E-state index contributed by atoms with van der Waals surface area (Å²) in [5.74, 6) is 0.754. The first kappa shape index (κ1) is 20.6. The number of phenolic OH excluding ortho intramolecular Hbond substituents is 1. The molecule has 1 aromatic carbocycles. The standard InChI is InChI=1S/C19H29N3O3S/c1-4-20-19(25)16-11-14(12-22(16)8-5-9-26-3)21-18(24)15-7-6-13(2)10-17(15)23/h6-7,10,14,16,23H,4-5,8-9,11-12H2,1-3H3,(H,20,25)(H,21,24)/t14-,16+/m1/s1. The van der Waals surface area contributed by atoms with Crippen LogP contribution in [0.3, 0.4) is 0 Å². The smallest absolute Gasteiger partial charge is 0.255 e. The zero-order chi connectivity index (χ0) is 19.1. The van der Waals surface area contributed by atoms with Gasteiger partial charge in [0.2, 0.25) is 5.91 Å². The number of benzene rings is 1. The van der Waals surface area contributed by atoms with Gasteiger partial charge >= 0.3 is 0 Å². The molecule has 144 valence electrons. The molecule has 1 aliphatic heterocycles. The second-order valence-electron chi connectivity index (χ2n) is 6.68. The molecular formula is C19H29N3O3S. The third kappa shape index (κ3) is 5.38. The molecule has 6 nitrogen and oxygen atoms in total. The normalized spacial score (nSPS) is 20.1. The minimum absolute atomic E-state index is 0.0161. The van der Waals surface area contributed by atoms with Gasteiger partial charge in [0.25, 0.3) is 5.91 Å². The Morgan fingerprint density at radius 3 is 2.81 bits per heavy atom. The maximum absolute atomic E-state index is 12.5. The van der Waals surface area contributed by atoms with E-state index in [1.54, 1.807) is 30.0 Å². The fourth-order valence-corrected chi connectivity index (χ4v) is 3.75. The number of hydrogen-bond acceptors (Lipinski definition) is 5. The molecule has 26 heavy (non-hydrogen) atoms. The number of hydrogen-bond donors (Lipinski definition) is 3. The van der Waals surface area contributed by atoms with Crippen LogP contribution in [0.1, 0.15) is 35.7 Å². The lowest BCUT2D eigenvalue weighted by atomic mass is 10.1. The van der Waals surface area contributed by atoms with E-state index < -0.39 is 0 Å². The first-order valence-corrected chi connectivity index (χ1v) is 10.5. The highest BCUT2D eigenvalue weighted by molar-refractivity contribution is 7.98. The highest BCUT2D eigenvalue weighted by atomic mass is 32.2. The molecule has 0 spiro atoms. The highest BCUT2D eigenvalue weighted by Crippen LogP contribution is 2.22. The molecule has 1 saturated heterocycles. The topological polar surface area (TPSA) is 81.7 Å². The number of amides is 2. The number of aromatic hydroxyl groups is 1. The fraction of sp³-hybridized carbons (Fsp3) is 0.579. The van der Waals surface area contributed by atoms with Crippen molar-refractivity contribution < 1.29 is 14.7 Å². The molecule has 0 unspecified atom stereocenters. The van der Waals surface area contributed by atoms with Crippen molar-refractivity contribution >= 4 is 23.6 Å². The molecule has 1 heterocycles. The number of thioether (sulfide) groups is 1. The third-order valence-corrected chi connectivity index (χ3v) is 5.28. The Labute approximate surface area is 159 Å². The summed E-state index contributed by atoms with van der Waals surface area (Å²) in [7, 11) is 0. The molecule has 7 heteroatoms. The molecule has 2 atom stereocenters. The zero-order valence-corrected chi connectivity index (χ0v) is 16.6. The van der Waals surface area contributed by atoms with Gasteiger partial charge in [-0.1, -0.05) is 6.07 Å². The Balaban J connectivity index is 2.02. The summed E-state index contributed by atoms with van der Waals surface area (Å²) in [6.45, 7) is 5.85. The monoisotopic (exact) mass is 379 g/mol. The van der Waals surface area contributed by atoms with Crippen LogP contribution in [0.25, 0.3) is 0 Å². The van der Waals surface area contributed by atoms with Crippen LogP contribution in [-0.2, 0) is 4.79 Å². The lowest BCUT2D eigenvalue weighted by molar-refractivity contribution is -0.125. The van der Waals surface area contributed by atoms with E-state index >= 15 is 0 Å². The van der Waals surface area contributed by atoms with E-state index in [0.29, 0.717) is 19.5 Å². The van der Waals surface area contributed by atoms with Crippen LogP contribution in [0.2, 0.25) is 0 Å². The first-order chi connectivity index (χ1) is 12.5. The molecule has 0 saturated carbocycles. The largest absolute Gasteiger partial charge is 0.507 e. The minimum atomic E-state index is -0.298. The van der Waals surface area contributed by atoms with Gasteiger partial charge in [-0.2, -0.15) is 11.8 Å². The average Bonchev–Trinajstić information content (AvgIpc) is 2.98. The maximum atomic E-state index is 12.5. The quantitative estimate of drug-likeness (QED) is 0.600. The van der Waals surface area contributed by atoms with E-state index in [9.17, 15) is 14.7 Å². The van der Waals surface area contributed by atoms with Crippen molar-refractivity contribution in [1.29, 1.82) is 0 Å². The Hall–Kier alpha value is -1.73. The number of carbonyl (C=O) groups excluding carboxylic acids is 2. The number of rotatable bonds is 8. The summed E-state index contributed by atoms with van der Waals surface area (Å²) >= 11 is 1.79. The van der Waals surface area contributed by atoms with Crippen LogP contribution in [0, 0.1) is 6.92 Å². The summed E-state index contributed by atoms with van der Waals surface area (Å²) in [6, 6.07) is 4.69. The van der Waals surface area contributed by atoms with Gasteiger partial charge in [-0.3, -0.25) is 14.5 Å². The third-order valence-electron chi connectivity index (χ3n) is 4.58. The van der Waals surface area contributed by atoms with Crippen molar-refractivity contribution in [3.05, 3.63) is 29.3 Å². The molecule has 0 aromatic heterocycles. The number of carbonyl (C=O) groups is 2. The molecule has 2 amide bonds. The predicted molar refractivity (Wildman–Crippen MR) is 106 cm³/mol. The van der Waals surface area contributed by atoms with E-state index in [4.69, 9.17) is 0 Å². The van der Waals surface area contributed by atoms with Gasteiger partial charge in [0.15, 0.2) is 0 Å². The summed E-state index contributed by atoms with van der Waals surface area (Å²) in [4.78, 5) is 27.0. The number of likely N-dealkylation sites (tertiary alicyclic amines) is 1. The van der Waals surface area contributed by atoms with Crippen LogP contribution in [0.5, 0.6) is 5.75 Å². The van der Waals surface area contributed by atoms with E-state index in [2.05, 4.69) is 21.8 Å². The number of nitrogens with one attached hydrogen (secondary N) is 2. The highest BCUT2D eigenvalue weighted by Gasteiger charge is 2.37. The van der Waals surface area contributed by atoms with Crippen LogP contribution >= 0.6 is 11.8 Å². The van der Waals surface area contributed by atoms with Gasteiger partial charge in [-0.15, -0.1) is 0 Å².